The van der Waals surface area contributed by atoms with Crippen LogP contribution >= 0.6 is 11.6 Å². The monoisotopic (exact) mass is 213 g/mol. The molecule has 1 aromatic heterocycles. The van der Waals surface area contributed by atoms with Crippen molar-refractivity contribution in [3.8, 4) is 5.75 Å². The zero-order valence-electron chi connectivity index (χ0n) is 7.70. The van der Waals surface area contributed by atoms with Crippen molar-refractivity contribution in [2.75, 3.05) is 5.32 Å². The lowest BCUT2D eigenvalue weighted by atomic mass is 10.2. The summed E-state index contributed by atoms with van der Waals surface area (Å²) in [6, 6.07) is 0.409. The van der Waals surface area contributed by atoms with Crippen molar-refractivity contribution < 1.29 is 5.11 Å². The molecule has 2 rings (SSSR count). The highest BCUT2D eigenvalue weighted by Gasteiger charge is 2.16. The predicted octanol–water partition coefficient (Wildman–Crippen LogP) is 2.19. The fraction of sp³-hybridized carbons (Fsp3) is 0.556. The molecule has 0 radical (unpaired) electrons. The zero-order chi connectivity index (χ0) is 9.97. The average molecular weight is 214 g/mol. The lowest BCUT2D eigenvalue weighted by molar-refractivity contribution is 0.470. The molecule has 1 saturated carbocycles. The van der Waals surface area contributed by atoms with Crippen LogP contribution in [0.4, 0.5) is 5.82 Å². The number of rotatable bonds is 2. The van der Waals surface area contributed by atoms with Crippen molar-refractivity contribution in [1.29, 1.82) is 0 Å². The molecule has 1 aromatic rings. The van der Waals surface area contributed by atoms with Crippen molar-refractivity contribution in [1.82, 2.24) is 9.97 Å². The summed E-state index contributed by atoms with van der Waals surface area (Å²) in [5.74, 6) is 0.498. The van der Waals surface area contributed by atoms with E-state index in [0.717, 1.165) is 12.8 Å². The summed E-state index contributed by atoms with van der Waals surface area (Å²) >= 11 is 5.63. The Morgan fingerprint density at radius 2 is 2.14 bits per heavy atom. The van der Waals surface area contributed by atoms with Crippen molar-refractivity contribution in [3.63, 3.8) is 0 Å². The molecule has 4 nitrogen and oxygen atoms in total. The van der Waals surface area contributed by atoms with E-state index in [4.69, 9.17) is 11.6 Å². The zero-order valence-corrected chi connectivity index (χ0v) is 8.46. The minimum Gasteiger partial charge on any atom is -0.503 e. The molecular formula is C9H12ClN3O. The third-order valence-electron chi connectivity index (χ3n) is 2.44. The fourth-order valence-corrected chi connectivity index (χ4v) is 1.86. The molecule has 5 heteroatoms. The van der Waals surface area contributed by atoms with Crippen LogP contribution in [0.25, 0.3) is 0 Å². The highest BCUT2D eigenvalue weighted by atomic mass is 35.5. The van der Waals surface area contributed by atoms with Gasteiger partial charge in [0.15, 0.2) is 11.6 Å². The maximum Gasteiger partial charge on any atom is 0.224 e. The second kappa shape index (κ2) is 4.00. The van der Waals surface area contributed by atoms with Crippen molar-refractivity contribution >= 4 is 17.4 Å². The van der Waals surface area contributed by atoms with Crippen LogP contribution in [-0.4, -0.2) is 21.1 Å². The second-order valence-corrected chi connectivity index (χ2v) is 3.84. The van der Waals surface area contributed by atoms with Crippen LogP contribution in [0.1, 0.15) is 25.7 Å². The summed E-state index contributed by atoms with van der Waals surface area (Å²) in [5.41, 5.74) is 0. The number of nitrogens with zero attached hydrogens (tertiary/aromatic N) is 2. The summed E-state index contributed by atoms with van der Waals surface area (Å²) in [6.45, 7) is 0. The minimum absolute atomic E-state index is 0.0568. The van der Waals surface area contributed by atoms with Crippen LogP contribution in [0.3, 0.4) is 0 Å². The molecular weight excluding hydrogens is 202 g/mol. The molecule has 0 saturated heterocycles. The maximum atomic E-state index is 9.45. The standard InChI is InChI=1S/C9H12ClN3O/c10-9-11-5-7(14)8(13-9)12-6-3-1-2-4-6/h5-6,14H,1-4H2,(H,11,12,13). The lowest BCUT2D eigenvalue weighted by Gasteiger charge is -2.13. The van der Waals surface area contributed by atoms with Crippen molar-refractivity contribution in [3.05, 3.63) is 11.5 Å². The normalized spacial score (nSPS) is 17.2. The molecule has 0 bridgehead atoms. The van der Waals surface area contributed by atoms with E-state index in [1.54, 1.807) is 0 Å². The first-order valence-corrected chi connectivity index (χ1v) is 5.11. The predicted molar refractivity (Wildman–Crippen MR) is 54.6 cm³/mol. The summed E-state index contributed by atoms with van der Waals surface area (Å²) in [7, 11) is 0. The average Bonchev–Trinajstić information content (AvgIpc) is 2.64. The van der Waals surface area contributed by atoms with Gasteiger partial charge in [-0.3, -0.25) is 0 Å². The van der Waals surface area contributed by atoms with Crippen LogP contribution in [-0.2, 0) is 0 Å². The summed E-state index contributed by atoms with van der Waals surface area (Å²) < 4.78 is 0. The van der Waals surface area contributed by atoms with Gasteiger partial charge >= 0.3 is 0 Å². The Morgan fingerprint density at radius 3 is 2.86 bits per heavy atom. The number of aromatic nitrogens is 2. The van der Waals surface area contributed by atoms with E-state index < -0.39 is 0 Å². The first-order valence-electron chi connectivity index (χ1n) is 4.74. The molecule has 76 valence electrons. The van der Waals surface area contributed by atoms with Crippen LogP contribution in [0, 0.1) is 0 Å². The highest BCUT2D eigenvalue weighted by Crippen LogP contribution is 2.26. The number of anilines is 1. The lowest BCUT2D eigenvalue weighted by Crippen LogP contribution is -2.15. The molecule has 1 aliphatic carbocycles. The summed E-state index contributed by atoms with van der Waals surface area (Å²) in [6.07, 6.45) is 6.03. The Kier molecular flexibility index (Phi) is 2.72. The Labute approximate surface area is 87.3 Å². The Morgan fingerprint density at radius 1 is 1.43 bits per heavy atom. The van der Waals surface area contributed by atoms with E-state index >= 15 is 0 Å². The molecule has 1 fully saturated rings. The molecule has 0 unspecified atom stereocenters. The minimum atomic E-state index is 0.0568. The molecule has 0 amide bonds. The molecule has 1 heterocycles. The van der Waals surface area contributed by atoms with Crippen LogP contribution < -0.4 is 5.32 Å². The van der Waals surface area contributed by atoms with Crippen molar-refractivity contribution in [2.24, 2.45) is 0 Å². The number of aromatic hydroxyl groups is 1. The Hall–Kier alpha value is -1.03. The van der Waals surface area contributed by atoms with Gasteiger partial charge in [-0.15, -0.1) is 0 Å². The number of hydrogen-bond donors (Lipinski definition) is 2. The summed E-state index contributed by atoms with van der Waals surface area (Å²) in [4.78, 5) is 7.61. The van der Waals surface area contributed by atoms with E-state index in [9.17, 15) is 5.11 Å². The first kappa shape index (κ1) is 9.52. The van der Waals surface area contributed by atoms with E-state index in [2.05, 4.69) is 15.3 Å². The smallest absolute Gasteiger partial charge is 0.224 e. The topological polar surface area (TPSA) is 58.0 Å². The second-order valence-electron chi connectivity index (χ2n) is 3.50. The van der Waals surface area contributed by atoms with E-state index in [1.807, 2.05) is 0 Å². The third-order valence-corrected chi connectivity index (χ3v) is 2.62. The Bertz CT molecular complexity index is 326. The van der Waals surface area contributed by atoms with Gasteiger partial charge in [-0.25, -0.2) is 4.98 Å². The molecule has 0 aromatic carbocycles. The number of hydrogen-bond acceptors (Lipinski definition) is 4. The van der Waals surface area contributed by atoms with Gasteiger partial charge in [-0.1, -0.05) is 12.8 Å². The highest BCUT2D eigenvalue weighted by molar-refractivity contribution is 6.28. The molecule has 0 atom stereocenters. The van der Waals surface area contributed by atoms with E-state index in [0.29, 0.717) is 11.9 Å². The quantitative estimate of drug-likeness (QED) is 0.740. The van der Waals surface area contributed by atoms with Gasteiger partial charge in [-0.2, -0.15) is 4.98 Å². The van der Waals surface area contributed by atoms with E-state index in [-0.39, 0.29) is 11.0 Å². The number of halogens is 1. The molecule has 14 heavy (non-hydrogen) atoms. The molecule has 2 N–H and O–H groups in total. The fourth-order valence-electron chi connectivity index (χ4n) is 1.72. The van der Waals surface area contributed by atoms with Gasteiger partial charge in [0.05, 0.1) is 6.20 Å². The van der Waals surface area contributed by atoms with Crippen LogP contribution in [0.15, 0.2) is 6.20 Å². The van der Waals surface area contributed by atoms with Gasteiger partial charge in [0.2, 0.25) is 5.28 Å². The van der Waals surface area contributed by atoms with E-state index in [1.165, 1.54) is 19.0 Å². The SMILES string of the molecule is Oc1cnc(Cl)nc1NC1CCCC1. The van der Waals surface area contributed by atoms with Gasteiger partial charge in [0.1, 0.15) is 0 Å². The largest absolute Gasteiger partial charge is 0.503 e. The molecule has 1 aliphatic rings. The van der Waals surface area contributed by atoms with Crippen LogP contribution in [0.2, 0.25) is 5.28 Å². The number of nitrogens with one attached hydrogen (secondary N) is 1. The van der Waals surface area contributed by atoms with Gasteiger partial charge < -0.3 is 10.4 Å². The van der Waals surface area contributed by atoms with Gasteiger partial charge in [0.25, 0.3) is 0 Å². The van der Waals surface area contributed by atoms with Crippen LogP contribution in [0.5, 0.6) is 5.75 Å². The molecule has 0 spiro atoms. The maximum absolute atomic E-state index is 9.45. The molecule has 0 aliphatic heterocycles. The van der Waals surface area contributed by atoms with Gasteiger partial charge in [-0.05, 0) is 24.4 Å². The third kappa shape index (κ3) is 2.07. The van der Waals surface area contributed by atoms with Gasteiger partial charge in [0, 0.05) is 6.04 Å². The first-order chi connectivity index (χ1) is 6.75. The summed E-state index contributed by atoms with van der Waals surface area (Å²) in [5, 5.41) is 12.8. The Balaban J connectivity index is 2.10. The van der Waals surface area contributed by atoms with Crippen molar-refractivity contribution in [2.45, 2.75) is 31.7 Å².